The van der Waals surface area contributed by atoms with Gasteiger partial charge < -0.3 is 10.8 Å². The van der Waals surface area contributed by atoms with E-state index in [2.05, 4.69) is 0 Å². The Labute approximate surface area is 79.7 Å². The zero-order valence-corrected chi connectivity index (χ0v) is 7.15. The molecule has 0 radical (unpaired) electrons. The highest BCUT2D eigenvalue weighted by Crippen LogP contribution is 2.28. The summed E-state index contributed by atoms with van der Waals surface area (Å²) in [5.41, 5.74) is 5.90. The van der Waals surface area contributed by atoms with Gasteiger partial charge in [0.15, 0.2) is 11.6 Å². The fourth-order valence-corrected chi connectivity index (χ4v) is 1.43. The Morgan fingerprint density at radius 3 is 2.43 bits per heavy atom. The first-order valence-electron chi connectivity index (χ1n) is 3.99. The van der Waals surface area contributed by atoms with Crippen molar-refractivity contribution in [2.24, 2.45) is 0 Å². The second-order valence-corrected chi connectivity index (χ2v) is 3.02. The van der Waals surface area contributed by atoms with Gasteiger partial charge in [0.25, 0.3) is 0 Å². The Hall–Kier alpha value is -2.10. The third-order valence-corrected chi connectivity index (χ3v) is 2.04. The van der Waals surface area contributed by atoms with Gasteiger partial charge in [-0.3, -0.25) is 9.59 Å². The van der Waals surface area contributed by atoms with Crippen molar-refractivity contribution in [1.29, 1.82) is 0 Å². The number of phenolic OH excluding ortho intramolecular Hbond substituents is 1. The van der Waals surface area contributed by atoms with Crippen molar-refractivity contribution in [3.63, 3.8) is 0 Å². The SMILES string of the molecule is Nc1cc(O)c2c(c1)C(=O)C=CC2=O. The Kier molecular flexibility index (Phi) is 1.64. The Bertz CT molecular complexity index is 475. The van der Waals surface area contributed by atoms with Gasteiger partial charge in [0.2, 0.25) is 0 Å². The molecule has 0 heterocycles. The number of benzene rings is 1. The molecule has 0 amide bonds. The average molecular weight is 189 g/mol. The predicted octanol–water partition coefficient (Wildman–Crippen LogP) is 0.910. The van der Waals surface area contributed by atoms with Crippen LogP contribution in [-0.2, 0) is 0 Å². The lowest BCUT2D eigenvalue weighted by Gasteiger charge is -2.11. The van der Waals surface area contributed by atoms with Gasteiger partial charge in [0.1, 0.15) is 5.75 Å². The number of carbonyl (C=O) groups excluding carboxylic acids is 2. The van der Waals surface area contributed by atoms with Crippen molar-refractivity contribution < 1.29 is 14.7 Å². The van der Waals surface area contributed by atoms with Crippen molar-refractivity contribution >= 4 is 17.3 Å². The van der Waals surface area contributed by atoms with Gasteiger partial charge in [-0.1, -0.05) is 0 Å². The van der Waals surface area contributed by atoms with E-state index >= 15 is 0 Å². The van der Waals surface area contributed by atoms with Crippen LogP contribution in [0.2, 0.25) is 0 Å². The normalized spacial score (nSPS) is 14.3. The average Bonchev–Trinajstić information content (AvgIpc) is 2.10. The van der Waals surface area contributed by atoms with E-state index in [1.165, 1.54) is 18.2 Å². The number of rotatable bonds is 0. The molecule has 14 heavy (non-hydrogen) atoms. The second-order valence-electron chi connectivity index (χ2n) is 3.02. The molecule has 0 saturated carbocycles. The number of fused-ring (bicyclic) bond motifs is 1. The number of nitrogens with two attached hydrogens (primary N) is 1. The molecule has 4 nitrogen and oxygen atoms in total. The largest absolute Gasteiger partial charge is 0.507 e. The molecule has 0 atom stereocenters. The van der Waals surface area contributed by atoms with E-state index in [1.807, 2.05) is 0 Å². The first-order valence-corrected chi connectivity index (χ1v) is 3.99. The molecule has 3 N–H and O–H groups in total. The van der Waals surface area contributed by atoms with Crippen LogP contribution in [0.5, 0.6) is 5.75 Å². The molecule has 1 aromatic carbocycles. The molecular weight excluding hydrogens is 182 g/mol. The van der Waals surface area contributed by atoms with Crippen molar-refractivity contribution in [2.45, 2.75) is 0 Å². The highest BCUT2D eigenvalue weighted by molar-refractivity contribution is 6.23. The Morgan fingerprint density at radius 2 is 1.71 bits per heavy atom. The van der Waals surface area contributed by atoms with Crippen LogP contribution in [-0.4, -0.2) is 16.7 Å². The molecule has 4 heteroatoms. The minimum Gasteiger partial charge on any atom is -0.507 e. The van der Waals surface area contributed by atoms with Crippen LogP contribution in [0.3, 0.4) is 0 Å². The smallest absolute Gasteiger partial charge is 0.190 e. The zero-order chi connectivity index (χ0) is 10.3. The molecule has 1 aromatic rings. The minimum atomic E-state index is -0.378. The zero-order valence-electron chi connectivity index (χ0n) is 7.15. The van der Waals surface area contributed by atoms with Crippen LogP contribution in [0.4, 0.5) is 5.69 Å². The molecule has 70 valence electrons. The highest BCUT2D eigenvalue weighted by Gasteiger charge is 2.22. The summed E-state index contributed by atoms with van der Waals surface area (Å²) in [6.07, 6.45) is 2.31. The molecule has 0 bridgehead atoms. The van der Waals surface area contributed by atoms with E-state index in [9.17, 15) is 14.7 Å². The van der Waals surface area contributed by atoms with Gasteiger partial charge >= 0.3 is 0 Å². The molecular formula is C10H7NO3. The van der Waals surface area contributed by atoms with Crippen LogP contribution in [0.1, 0.15) is 20.7 Å². The summed E-state index contributed by atoms with van der Waals surface area (Å²) in [6, 6.07) is 2.64. The number of anilines is 1. The summed E-state index contributed by atoms with van der Waals surface area (Å²) in [4.78, 5) is 22.7. The molecule has 0 aliphatic heterocycles. The first kappa shape index (κ1) is 8.50. The van der Waals surface area contributed by atoms with E-state index in [4.69, 9.17) is 5.73 Å². The van der Waals surface area contributed by atoms with Gasteiger partial charge in [-0.25, -0.2) is 0 Å². The number of allylic oxidation sites excluding steroid dienone is 2. The van der Waals surface area contributed by atoms with Crippen LogP contribution < -0.4 is 5.73 Å². The van der Waals surface area contributed by atoms with Crippen LogP contribution >= 0.6 is 0 Å². The van der Waals surface area contributed by atoms with Crippen LogP contribution in [0, 0.1) is 0 Å². The summed E-state index contributed by atoms with van der Waals surface area (Å²) in [5, 5.41) is 9.44. The molecule has 0 fully saturated rings. The quantitative estimate of drug-likeness (QED) is 0.594. The van der Waals surface area contributed by atoms with E-state index in [0.29, 0.717) is 0 Å². The summed E-state index contributed by atoms with van der Waals surface area (Å²) in [5.74, 6) is -0.943. The molecule has 0 saturated heterocycles. The number of hydrogen-bond acceptors (Lipinski definition) is 4. The Balaban J connectivity index is 2.78. The van der Waals surface area contributed by atoms with Gasteiger partial charge in [-0.05, 0) is 18.2 Å². The Morgan fingerprint density at radius 1 is 1.07 bits per heavy atom. The number of ketones is 2. The monoisotopic (exact) mass is 189 g/mol. The molecule has 1 aliphatic carbocycles. The summed E-state index contributed by atoms with van der Waals surface area (Å²) >= 11 is 0. The second kappa shape index (κ2) is 2.70. The van der Waals surface area contributed by atoms with E-state index < -0.39 is 0 Å². The minimum absolute atomic E-state index is 0.0340. The van der Waals surface area contributed by atoms with Gasteiger partial charge in [0, 0.05) is 17.3 Å². The highest BCUT2D eigenvalue weighted by atomic mass is 16.3. The summed E-state index contributed by atoms with van der Waals surface area (Å²) in [7, 11) is 0. The fourth-order valence-electron chi connectivity index (χ4n) is 1.43. The van der Waals surface area contributed by atoms with E-state index in [0.717, 1.165) is 6.08 Å². The maximum Gasteiger partial charge on any atom is 0.190 e. The first-order chi connectivity index (χ1) is 6.59. The van der Waals surface area contributed by atoms with Gasteiger partial charge in [-0.2, -0.15) is 0 Å². The predicted molar refractivity (Wildman–Crippen MR) is 50.3 cm³/mol. The maximum atomic E-state index is 11.3. The van der Waals surface area contributed by atoms with Crippen LogP contribution in [0.25, 0.3) is 0 Å². The maximum absolute atomic E-state index is 11.3. The molecule has 0 spiro atoms. The molecule has 0 unspecified atom stereocenters. The molecule has 0 aromatic heterocycles. The van der Waals surface area contributed by atoms with Crippen molar-refractivity contribution in [2.75, 3.05) is 5.73 Å². The number of nitrogen functional groups attached to an aromatic ring is 1. The van der Waals surface area contributed by atoms with Gasteiger partial charge in [0.05, 0.1) is 5.56 Å². The fraction of sp³-hybridized carbons (Fsp3) is 0. The molecule has 1 aliphatic rings. The summed E-state index contributed by atoms with van der Waals surface area (Å²) < 4.78 is 0. The van der Waals surface area contributed by atoms with Crippen molar-refractivity contribution in [3.8, 4) is 5.75 Å². The third-order valence-electron chi connectivity index (χ3n) is 2.04. The standard InChI is InChI=1S/C10H7NO3/c11-5-3-6-7(12)1-2-8(13)10(6)9(14)4-5/h1-4,14H,11H2. The lowest BCUT2D eigenvalue weighted by molar-refractivity contribution is 0.0992. The van der Waals surface area contributed by atoms with Crippen molar-refractivity contribution in [1.82, 2.24) is 0 Å². The topological polar surface area (TPSA) is 80.4 Å². The summed E-state index contributed by atoms with van der Waals surface area (Å²) in [6.45, 7) is 0. The van der Waals surface area contributed by atoms with Crippen LogP contribution in [0.15, 0.2) is 24.3 Å². The van der Waals surface area contributed by atoms with E-state index in [-0.39, 0.29) is 34.1 Å². The lowest BCUT2D eigenvalue weighted by Crippen LogP contribution is -2.12. The van der Waals surface area contributed by atoms with Crippen molar-refractivity contribution in [3.05, 3.63) is 35.4 Å². The number of aromatic hydroxyl groups is 1. The third kappa shape index (κ3) is 1.08. The van der Waals surface area contributed by atoms with Gasteiger partial charge in [-0.15, -0.1) is 0 Å². The molecule has 2 rings (SSSR count). The number of phenols is 1. The number of hydrogen-bond donors (Lipinski definition) is 2. The lowest BCUT2D eigenvalue weighted by atomic mass is 9.93. The number of carbonyl (C=O) groups is 2. The van der Waals surface area contributed by atoms with E-state index in [1.54, 1.807) is 0 Å².